The number of hydrogen-bond donors (Lipinski definition) is 0. The van der Waals surface area contributed by atoms with Gasteiger partial charge in [-0.25, -0.2) is 0 Å². The van der Waals surface area contributed by atoms with Gasteiger partial charge in [0.1, 0.15) is 0 Å². The predicted octanol–water partition coefficient (Wildman–Crippen LogP) is 6.55. The van der Waals surface area contributed by atoms with Crippen LogP contribution < -0.4 is 0 Å². The van der Waals surface area contributed by atoms with Crippen LogP contribution in [0.25, 0.3) is 32.4 Å². The molecule has 3 nitrogen and oxygen atoms in total. The molecule has 0 aliphatic carbocycles. The van der Waals surface area contributed by atoms with Crippen LogP contribution in [0.3, 0.4) is 0 Å². The predicted molar refractivity (Wildman–Crippen MR) is 95.7 cm³/mol. The molecule has 0 unspecified atom stereocenters. The second-order valence-electron chi connectivity index (χ2n) is 5.15. The van der Waals surface area contributed by atoms with Crippen LogP contribution in [-0.4, -0.2) is 0 Å². The first-order valence-corrected chi connectivity index (χ1v) is 8.20. The normalized spacial score (nSPS) is 10.5. The molecule has 0 N–H and O–H groups in total. The summed E-state index contributed by atoms with van der Waals surface area (Å²) < 4.78 is 16.3. The minimum Gasteiger partial charge on any atom is -0.401 e. The summed E-state index contributed by atoms with van der Waals surface area (Å²) in [6, 6.07) is 25.4. The summed E-state index contributed by atoms with van der Waals surface area (Å²) in [6.07, 6.45) is 2.81. The summed E-state index contributed by atoms with van der Waals surface area (Å²) >= 11 is 1.27. The van der Waals surface area contributed by atoms with Crippen molar-refractivity contribution in [1.29, 1.82) is 0 Å². The van der Waals surface area contributed by atoms with E-state index in [9.17, 15) is 0 Å². The molecule has 4 heteroatoms. The lowest BCUT2D eigenvalue weighted by Crippen LogP contribution is -1.73. The molecule has 0 atom stereocenters. The fourth-order valence-electron chi connectivity index (χ4n) is 2.33. The Labute approximate surface area is 142 Å². The van der Waals surface area contributed by atoms with E-state index in [4.69, 9.17) is 13.0 Å². The third kappa shape index (κ3) is 3.05. The van der Waals surface area contributed by atoms with E-state index in [1.807, 2.05) is 78.9 Å². The van der Waals surface area contributed by atoms with Crippen LogP contribution in [0, 0.1) is 6.26 Å². The highest BCUT2D eigenvalue weighted by molar-refractivity contribution is 7.06. The highest BCUT2D eigenvalue weighted by atomic mass is 32.1. The molecule has 1 radical (unpaired) electrons. The van der Waals surface area contributed by atoms with E-state index in [0.29, 0.717) is 5.58 Å². The van der Waals surface area contributed by atoms with Gasteiger partial charge in [-0.15, -0.1) is 0 Å². The molecule has 0 saturated carbocycles. The van der Waals surface area contributed by atoms with Gasteiger partial charge < -0.3 is 3.85 Å². The number of benzene rings is 2. The maximum Gasteiger partial charge on any atom is 0.235 e. The van der Waals surface area contributed by atoms with E-state index in [2.05, 4.69) is 6.26 Å². The van der Waals surface area contributed by atoms with Gasteiger partial charge in [0.05, 0.1) is 4.88 Å². The van der Waals surface area contributed by atoms with Crippen LogP contribution in [-0.2, 0) is 0 Å². The minimum atomic E-state index is 0.657. The van der Waals surface area contributed by atoms with E-state index >= 15 is 0 Å². The van der Waals surface area contributed by atoms with E-state index in [-0.39, 0.29) is 0 Å². The third-order valence-electron chi connectivity index (χ3n) is 3.56. The molecule has 0 aliphatic rings. The lowest BCUT2D eigenvalue weighted by Gasteiger charge is -1.97. The third-order valence-corrected chi connectivity index (χ3v) is 4.36. The fraction of sp³-hybridized carbons (Fsp3) is 0. The van der Waals surface area contributed by atoms with Gasteiger partial charge in [-0.1, -0.05) is 54.6 Å². The first-order chi connectivity index (χ1) is 11.9. The maximum absolute atomic E-state index is 5.84. The van der Waals surface area contributed by atoms with Crippen molar-refractivity contribution in [2.24, 2.45) is 0 Å². The van der Waals surface area contributed by atoms with Crippen molar-refractivity contribution >= 4 is 33.6 Å². The van der Waals surface area contributed by atoms with E-state index in [1.165, 1.54) is 11.6 Å². The summed E-state index contributed by atoms with van der Waals surface area (Å²) in [6.45, 7) is 0. The van der Waals surface area contributed by atoms with E-state index in [0.717, 1.165) is 26.8 Å². The zero-order valence-corrected chi connectivity index (χ0v) is 13.5. The molecule has 2 heterocycles. The second kappa shape index (κ2) is 6.64. The van der Waals surface area contributed by atoms with Gasteiger partial charge in [0.25, 0.3) is 0 Å². The fourth-order valence-corrected chi connectivity index (χ4v) is 2.99. The largest absolute Gasteiger partial charge is 0.401 e. The molecular weight excluding hydrogens is 320 g/mol. The number of rotatable bonds is 1. The van der Waals surface area contributed by atoms with Crippen LogP contribution in [0.15, 0.2) is 91.9 Å². The van der Waals surface area contributed by atoms with Crippen molar-refractivity contribution in [2.75, 3.05) is 0 Å². The summed E-state index contributed by atoms with van der Waals surface area (Å²) in [4.78, 5) is 0.875. The average Bonchev–Trinajstić information content (AvgIpc) is 2.57. The van der Waals surface area contributed by atoms with Crippen molar-refractivity contribution in [3.63, 3.8) is 0 Å². The standard InChI is InChI=1S/C20H13O3S/c1-3-9-18-16(7-1)12-13-17(14-21-22-18)20-11-5-8-15-6-2-4-10-19(15)23-24-20/h1-13H. The smallest absolute Gasteiger partial charge is 0.235 e. The zero-order chi connectivity index (χ0) is 16.2. The molecule has 4 aromatic rings. The summed E-state index contributed by atoms with van der Waals surface area (Å²) in [5.74, 6) is 0. The van der Waals surface area contributed by atoms with E-state index in [1.54, 1.807) is 0 Å². The van der Waals surface area contributed by atoms with E-state index < -0.39 is 0 Å². The molecule has 2 aromatic heterocycles. The lowest BCUT2D eigenvalue weighted by molar-refractivity contribution is 0.0657. The molecule has 0 aliphatic heterocycles. The average molecular weight is 333 g/mol. The molecule has 2 aromatic carbocycles. The molecular formula is C20H13O3S. The molecule has 24 heavy (non-hydrogen) atoms. The van der Waals surface area contributed by atoms with Gasteiger partial charge >= 0.3 is 0 Å². The summed E-state index contributed by atoms with van der Waals surface area (Å²) in [7, 11) is 0. The molecule has 4 rings (SSSR count). The van der Waals surface area contributed by atoms with Gasteiger partial charge in [-0.3, -0.25) is 9.15 Å². The topological polar surface area (TPSA) is 39.4 Å². The van der Waals surface area contributed by atoms with Crippen molar-refractivity contribution in [3.8, 4) is 10.4 Å². The SMILES string of the molecule is [c]1ooc2ccccc2ccc1-c1cccc2ccccc2os1. The van der Waals surface area contributed by atoms with Crippen LogP contribution in [0.2, 0.25) is 0 Å². The van der Waals surface area contributed by atoms with Crippen molar-refractivity contribution in [2.45, 2.75) is 0 Å². The van der Waals surface area contributed by atoms with Crippen molar-refractivity contribution < 1.29 is 13.0 Å². The number of fused-ring (bicyclic) bond motifs is 2. The monoisotopic (exact) mass is 333 g/mol. The second-order valence-corrected chi connectivity index (χ2v) is 5.92. The molecule has 0 fully saturated rings. The van der Waals surface area contributed by atoms with Crippen LogP contribution in [0.5, 0.6) is 0 Å². The van der Waals surface area contributed by atoms with Crippen molar-refractivity contribution in [1.82, 2.24) is 0 Å². The minimum absolute atomic E-state index is 0.657. The van der Waals surface area contributed by atoms with Crippen LogP contribution in [0.4, 0.5) is 0 Å². The molecule has 117 valence electrons. The Bertz CT molecular complexity index is 990. The quantitative estimate of drug-likeness (QED) is 0.371. The highest BCUT2D eigenvalue weighted by Gasteiger charge is 2.00. The molecule has 0 amide bonds. The Morgan fingerprint density at radius 2 is 1.38 bits per heavy atom. The Morgan fingerprint density at radius 3 is 2.25 bits per heavy atom. The number of hydrogen-bond acceptors (Lipinski definition) is 4. The molecule has 0 bridgehead atoms. The van der Waals surface area contributed by atoms with Gasteiger partial charge in [0.15, 0.2) is 11.2 Å². The molecule has 0 spiro atoms. The first-order valence-electron chi connectivity index (χ1n) is 7.46. The highest BCUT2D eigenvalue weighted by Crippen LogP contribution is 2.24. The zero-order valence-electron chi connectivity index (χ0n) is 12.6. The van der Waals surface area contributed by atoms with Crippen LogP contribution in [0.1, 0.15) is 0 Å². The van der Waals surface area contributed by atoms with Crippen molar-refractivity contribution in [3.05, 3.63) is 85.1 Å². The van der Waals surface area contributed by atoms with Crippen LogP contribution >= 0.6 is 11.6 Å². The van der Waals surface area contributed by atoms with Gasteiger partial charge in [-0.05, 0) is 24.3 Å². The Morgan fingerprint density at radius 1 is 0.667 bits per heavy atom. The lowest BCUT2D eigenvalue weighted by atomic mass is 10.2. The van der Waals surface area contributed by atoms with Gasteiger partial charge in [-0.2, -0.15) is 0 Å². The van der Waals surface area contributed by atoms with Gasteiger partial charge in [0.2, 0.25) is 6.26 Å². The Balaban J connectivity index is 1.88. The summed E-state index contributed by atoms with van der Waals surface area (Å²) in [5, 5.41) is 1.98. The Hall–Kier alpha value is -2.98. The summed E-state index contributed by atoms with van der Waals surface area (Å²) in [5.41, 5.74) is 2.23. The maximum atomic E-state index is 5.84. The Kier molecular flexibility index (Phi) is 4.04. The van der Waals surface area contributed by atoms with Gasteiger partial charge in [0, 0.05) is 28.0 Å². The first kappa shape index (κ1) is 14.6. The molecule has 0 saturated heterocycles. The number of para-hydroxylation sites is 2.